The number of aromatic nitrogens is 4. The van der Waals surface area contributed by atoms with Gasteiger partial charge in [-0.25, -0.2) is 19.3 Å². The Morgan fingerprint density at radius 1 is 1.27 bits per heavy atom. The SMILES string of the molecule is COc1ncnc(Cn2cnc3c(C(=O)NCCF)cc(C)cc32)c1C. The lowest BCUT2D eigenvalue weighted by atomic mass is 10.1. The fraction of sp³-hybridized carbons (Fsp3) is 0.333. The van der Waals surface area contributed by atoms with E-state index in [2.05, 4.69) is 20.3 Å². The first-order chi connectivity index (χ1) is 12.5. The second-order valence-corrected chi connectivity index (χ2v) is 5.95. The molecule has 0 saturated carbocycles. The molecule has 8 heteroatoms. The fourth-order valence-electron chi connectivity index (χ4n) is 2.85. The number of hydrogen-bond acceptors (Lipinski definition) is 5. The van der Waals surface area contributed by atoms with Gasteiger partial charge in [0.2, 0.25) is 5.88 Å². The highest BCUT2D eigenvalue weighted by Gasteiger charge is 2.16. The molecule has 0 spiro atoms. The van der Waals surface area contributed by atoms with Crippen LogP contribution in [-0.2, 0) is 6.54 Å². The fourth-order valence-corrected chi connectivity index (χ4v) is 2.85. The lowest BCUT2D eigenvalue weighted by Crippen LogP contribution is -2.25. The summed E-state index contributed by atoms with van der Waals surface area (Å²) in [4.78, 5) is 25.1. The van der Waals surface area contributed by atoms with Crippen LogP contribution in [0.15, 0.2) is 24.8 Å². The molecule has 0 radical (unpaired) electrons. The molecule has 0 bridgehead atoms. The van der Waals surface area contributed by atoms with E-state index in [9.17, 15) is 9.18 Å². The van der Waals surface area contributed by atoms with Gasteiger partial charge in [-0.05, 0) is 31.5 Å². The highest BCUT2D eigenvalue weighted by Crippen LogP contribution is 2.23. The molecule has 3 rings (SSSR count). The lowest BCUT2D eigenvalue weighted by Gasteiger charge is -2.10. The molecule has 136 valence electrons. The number of amides is 1. The molecule has 1 amide bonds. The molecule has 2 aromatic heterocycles. The highest BCUT2D eigenvalue weighted by atomic mass is 19.1. The summed E-state index contributed by atoms with van der Waals surface area (Å²) < 4.78 is 19.5. The van der Waals surface area contributed by atoms with E-state index >= 15 is 0 Å². The normalized spacial score (nSPS) is 10.9. The molecule has 1 N–H and O–H groups in total. The predicted molar refractivity (Wildman–Crippen MR) is 95.2 cm³/mol. The average Bonchev–Trinajstić information content (AvgIpc) is 3.03. The number of nitrogens with zero attached hydrogens (tertiary/aromatic N) is 4. The van der Waals surface area contributed by atoms with Crippen molar-refractivity contribution < 1.29 is 13.9 Å². The van der Waals surface area contributed by atoms with Gasteiger partial charge in [-0.3, -0.25) is 4.79 Å². The van der Waals surface area contributed by atoms with E-state index in [4.69, 9.17) is 4.74 Å². The summed E-state index contributed by atoms with van der Waals surface area (Å²) >= 11 is 0. The molecule has 0 aliphatic heterocycles. The van der Waals surface area contributed by atoms with Crippen molar-refractivity contribution in [1.29, 1.82) is 0 Å². The molecule has 7 nitrogen and oxygen atoms in total. The van der Waals surface area contributed by atoms with Crippen molar-refractivity contribution in [3.63, 3.8) is 0 Å². The number of carbonyl (C=O) groups is 1. The van der Waals surface area contributed by atoms with Crippen LogP contribution in [0, 0.1) is 13.8 Å². The number of hydrogen-bond donors (Lipinski definition) is 1. The Morgan fingerprint density at radius 2 is 2.08 bits per heavy atom. The van der Waals surface area contributed by atoms with Crippen LogP contribution in [0.3, 0.4) is 0 Å². The summed E-state index contributed by atoms with van der Waals surface area (Å²) in [6, 6.07) is 3.72. The molecular weight excluding hydrogens is 337 g/mol. The molecule has 26 heavy (non-hydrogen) atoms. The smallest absolute Gasteiger partial charge is 0.253 e. The van der Waals surface area contributed by atoms with Gasteiger partial charge in [-0.1, -0.05) is 0 Å². The van der Waals surface area contributed by atoms with Crippen molar-refractivity contribution in [2.24, 2.45) is 0 Å². The number of methoxy groups -OCH3 is 1. The van der Waals surface area contributed by atoms with Crippen LogP contribution in [0.5, 0.6) is 5.88 Å². The molecule has 0 saturated heterocycles. The first-order valence-electron chi connectivity index (χ1n) is 8.19. The van der Waals surface area contributed by atoms with Crippen molar-refractivity contribution >= 4 is 16.9 Å². The average molecular weight is 357 g/mol. The Balaban J connectivity index is 2.01. The Hall–Kier alpha value is -3.03. The number of nitrogens with one attached hydrogen (secondary N) is 1. The van der Waals surface area contributed by atoms with Gasteiger partial charge in [0.1, 0.15) is 18.5 Å². The van der Waals surface area contributed by atoms with E-state index in [1.165, 1.54) is 6.33 Å². The molecule has 0 unspecified atom stereocenters. The summed E-state index contributed by atoms with van der Waals surface area (Å²) in [5.41, 5.74) is 4.40. The van der Waals surface area contributed by atoms with Crippen LogP contribution in [0.1, 0.15) is 27.2 Å². The van der Waals surface area contributed by atoms with Crippen molar-refractivity contribution in [2.75, 3.05) is 20.3 Å². The van der Waals surface area contributed by atoms with Gasteiger partial charge in [0.15, 0.2) is 0 Å². The maximum atomic E-state index is 12.4. The number of halogens is 1. The standard InChI is InChI=1S/C18H20FN5O2/c1-11-6-13(17(25)20-5-4-19)16-15(7-11)24(10-23-16)8-14-12(2)18(26-3)22-9-21-14/h6-7,9-10H,4-5,8H2,1-3H3,(H,20,25). The minimum Gasteiger partial charge on any atom is -0.481 e. The summed E-state index contributed by atoms with van der Waals surface area (Å²) in [7, 11) is 1.57. The maximum absolute atomic E-state index is 12.4. The number of imidazole rings is 1. The highest BCUT2D eigenvalue weighted by molar-refractivity contribution is 6.05. The number of rotatable bonds is 6. The topological polar surface area (TPSA) is 81.9 Å². The van der Waals surface area contributed by atoms with Crippen LogP contribution in [0.25, 0.3) is 11.0 Å². The van der Waals surface area contributed by atoms with E-state index < -0.39 is 6.67 Å². The molecule has 3 aromatic rings. The third kappa shape index (κ3) is 3.35. The van der Waals surface area contributed by atoms with Crippen LogP contribution >= 0.6 is 0 Å². The largest absolute Gasteiger partial charge is 0.481 e. The van der Waals surface area contributed by atoms with Crippen molar-refractivity contribution in [3.8, 4) is 5.88 Å². The summed E-state index contributed by atoms with van der Waals surface area (Å²) in [6.07, 6.45) is 3.13. The van der Waals surface area contributed by atoms with Crippen LogP contribution in [-0.4, -0.2) is 45.8 Å². The van der Waals surface area contributed by atoms with Gasteiger partial charge in [0.05, 0.1) is 36.8 Å². The molecule has 0 fully saturated rings. The first-order valence-corrected chi connectivity index (χ1v) is 8.19. The zero-order valence-corrected chi connectivity index (χ0v) is 14.9. The van der Waals surface area contributed by atoms with Gasteiger partial charge in [0.25, 0.3) is 5.91 Å². The van der Waals surface area contributed by atoms with Crippen LogP contribution in [0.4, 0.5) is 4.39 Å². The number of aryl methyl sites for hydroxylation is 1. The summed E-state index contributed by atoms with van der Waals surface area (Å²) in [5.74, 6) is 0.198. The zero-order valence-electron chi connectivity index (χ0n) is 14.9. The Bertz CT molecular complexity index is 954. The quantitative estimate of drug-likeness (QED) is 0.731. The third-order valence-corrected chi connectivity index (χ3v) is 4.15. The molecule has 2 heterocycles. The van der Waals surface area contributed by atoms with Crippen molar-refractivity contribution in [3.05, 3.63) is 47.2 Å². The van der Waals surface area contributed by atoms with E-state index in [0.717, 1.165) is 22.3 Å². The molecule has 0 atom stereocenters. The van der Waals surface area contributed by atoms with Crippen molar-refractivity contribution in [1.82, 2.24) is 24.8 Å². The maximum Gasteiger partial charge on any atom is 0.253 e. The Morgan fingerprint density at radius 3 is 2.81 bits per heavy atom. The van der Waals surface area contributed by atoms with Crippen molar-refractivity contribution in [2.45, 2.75) is 20.4 Å². The number of ether oxygens (including phenoxy) is 1. The third-order valence-electron chi connectivity index (χ3n) is 4.15. The van der Waals surface area contributed by atoms with E-state index in [1.54, 1.807) is 19.5 Å². The lowest BCUT2D eigenvalue weighted by molar-refractivity contribution is 0.0952. The van der Waals surface area contributed by atoms with Crippen LogP contribution < -0.4 is 10.1 Å². The number of carbonyl (C=O) groups excluding carboxylic acids is 1. The first kappa shape index (κ1) is 17.8. The number of fused-ring (bicyclic) bond motifs is 1. The minimum atomic E-state index is -0.607. The molecule has 1 aromatic carbocycles. The Labute approximate surface area is 150 Å². The molecule has 0 aliphatic rings. The second-order valence-electron chi connectivity index (χ2n) is 5.95. The summed E-state index contributed by atoms with van der Waals surface area (Å²) in [6.45, 7) is 3.64. The van der Waals surface area contributed by atoms with Crippen LogP contribution in [0.2, 0.25) is 0 Å². The predicted octanol–water partition coefficient (Wildman–Crippen LogP) is 2.20. The van der Waals surface area contributed by atoms with E-state index in [0.29, 0.717) is 23.5 Å². The van der Waals surface area contributed by atoms with Gasteiger partial charge in [-0.15, -0.1) is 0 Å². The van der Waals surface area contributed by atoms with E-state index in [-0.39, 0.29) is 12.5 Å². The summed E-state index contributed by atoms with van der Waals surface area (Å²) in [5, 5.41) is 2.55. The van der Waals surface area contributed by atoms with Gasteiger partial charge < -0.3 is 14.6 Å². The number of alkyl halides is 1. The van der Waals surface area contributed by atoms with Gasteiger partial charge in [0, 0.05) is 12.1 Å². The number of benzene rings is 1. The molecule has 0 aliphatic carbocycles. The second kappa shape index (κ2) is 7.47. The molecular formula is C18H20FN5O2. The monoisotopic (exact) mass is 357 g/mol. The van der Waals surface area contributed by atoms with Gasteiger partial charge >= 0.3 is 0 Å². The zero-order chi connectivity index (χ0) is 18.7. The van der Waals surface area contributed by atoms with Gasteiger partial charge in [-0.2, -0.15) is 0 Å². The van der Waals surface area contributed by atoms with E-state index in [1.807, 2.05) is 24.5 Å². The Kier molecular flexibility index (Phi) is 5.11. The minimum absolute atomic E-state index is 0.0189.